The van der Waals surface area contributed by atoms with Crippen LogP contribution in [0.4, 0.5) is 10.1 Å². The van der Waals surface area contributed by atoms with Crippen LogP contribution in [-0.4, -0.2) is 71.5 Å². The van der Waals surface area contributed by atoms with Gasteiger partial charge in [0.25, 0.3) is 0 Å². The van der Waals surface area contributed by atoms with Crippen molar-refractivity contribution >= 4 is 34.0 Å². The Hall–Kier alpha value is -2.74. The third kappa shape index (κ3) is 5.76. The minimum atomic E-state index is -0.764. The van der Waals surface area contributed by atoms with Crippen LogP contribution in [0.15, 0.2) is 36.5 Å². The monoisotopic (exact) mass is 550 g/mol. The number of phenolic OH excluding ortho intramolecular Hbond substituents is 1. The molecule has 2 aromatic carbocycles. The SMILES string of the molecule is CN1CCN(CC2CCC(Nc3c(C(=O)C4CC4)cnc4ccc(-c5cc(F)c(O)c(Cl)c5)cc34)CC2)CC1. The number of hydrogen-bond acceptors (Lipinski definition) is 6. The molecule has 0 amide bonds. The highest BCUT2D eigenvalue weighted by Gasteiger charge is 2.33. The minimum absolute atomic E-state index is 0.0347. The largest absolute Gasteiger partial charge is 0.504 e. The highest BCUT2D eigenvalue weighted by Crippen LogP contribution is 2.40. The normalized spacial score (nSPS) is 22.7. The summed E-state index contributed by atoms with van der Waals surface area (Å²) < 4.78 is 14.3. The number of likely N-dealkylation sites (N-methyl/N-ethyl adjacent to an activating group) is 1. The molecule has 2 saturated carbocycles. The molecule has 0 unspecified atom stereocenters. The topological polar surface area (TPSA) is 68.7 Å². The van der Waals surface area contributed by atoms with Crippen molar-refractivity contribution in [1.82, 2.24) is 14.8 Å². The zero-order chi connectivity index (χ0) is 27.1. The highest BCUT2D eigenvalue weighted by atomic mass is 35.5. The number of fused-ring (bicyclic) bond motifs is 1. The summed E-state index contributed by atoms with van der Waals surface area (Å²) in [5, 5.41) is 14.4. The second-order valence-corrected chi connectivity index (χ2v) is 12.1. The molecule has 0 radical (unpaired) electrons. The molecule has 3 aromatic rings. The van der Waals surface area contributed by atoms with E-state index in [0.717, 1.165) is 74.0 Å². The fraction of sp³-hybridized carbons (Fsp3) is 0.484. The number of phenols is 1. The van der Waals surface area contributed by atoms with Crippen molar-refractivity contribution in [3.63, 3.8) is 0 Å². The van der Waals surface area contributed by atoms with Crippen LogP contribution >= 0.6 is 11.6 Å². The first-order chi connectivity index (χ1) is 18.9. The van der Waals surface area contributed by atoms with Crippen molar-refractivity contribution < 1.29 is 14.3 Å². The molecule has 1 saturated heterocycles. The summed E-state index contributed by atoms with van der Waals surface area (Å²) in [4.78, 5) is 22.9. The molecule has 0 bridgehead atoms. The number of aromatic hydroxyl groups is 1. The summed E-state index contributed by atoms with van der Waals surface area (Å²) in [7, 11) is 2.19. The van der Waals surface area contributed by atoms with Crippen molar-refractivity contribution in [2.75, 3.05) is 45.1 Å². The predicted octanol–water partition coefficient (Wildman–Crippen LogP) is 6.21. The van der Waals surface area contributed by atoms with E-state index in [4.69, 9.17) is 11.6 Å². The minimum Gasteiger partial charge on any atom is -0.504 e. The van der Waals surface area contributed by atoms with Gasteiger partial charge in [-0.1, -0.05) is 17.7 Å². The lowest BCUT2D eigenvalue weighted by Gasteiger charge is -2.37. The van der Waals surface area contributed by atoms with Crippen molar-refractivity contribution in [3.05, 3.63) is 52.9 Å². The van der Waals surface area contributed by atoms with Crippen molar-refractivity contribution in [2.45, 2.75) is 44.6 Å². The number of nitrogens with zero attached hydrogens (tertiary/aromatic N) is 3. The number of carbonyl (C=O) groups excluding carboxylic acids is 1. The van der Waals surface area contributed by atoms with Crippen molar-refractivity contribution in [1.29, 1.82) is 0 Å². The Balaban J connectivity index is 1.26. The third-order valence-corrected chi connectivity index (χ3v) is 9.03. The number of Topliss-reactive ketones (excluding diaryl/α,β-unsaturated/α-hetero) is 1. The smallest absolute Gasteiger partial charge is 0.170 e. The summed E-state index contributed by atoms with van der Waals surface area (Å²) in [6, 6.07) is 8.84. The van der Waals surface area contributed by atoms with Crippen LogP contribution in [0.25, 0.3) is 22.0 Å². The number of anilines is 1. The first kappa shape index (κ1) is 26.5. The van der Waals surface area contributed by atoms with Crippen LogP contribution in [-0.2, 0) is 0 Å². The molecule has 2 aliphatic carbocycles. The van der Waals surface area contributed by atoms with E-state index in [1.54, 1.807) is 12.3 Å². The van der Waals surface area contributed by atoms with E-state index in [-0.39, 0.29) is 22.8 Å². The average molecular weight is 551 g/mol. The Bertz CT molecular complexity index is 1360. The number of rotatable bonds is 7. The summed E-state index contributed by atoms with van der Waals surface area (Å²) in [5.74, 6) is -0.364. The van der Waals surface area contributed by atoms with Gasteiger partial charge in [0.2, 0.25) is 0 Å². The van der Waals surface area contributed by atoms with Gasteiger partial charge in [-0.05, 0) is 86.9 Å². The van der Waals surface area contributed by atoms with Crippen LogP contribution in [0.1, 0.15) is 48.9 Å². The van der Waals surface area contributed by atoms with E-state index in [2.05, 4.69) is 27.1 Å². The maximum Gasteiger partial charge on any atom is 0.170 e. The molecule has 2 N–H and O–H groups in total. The lowest BCUT2D eigenvalue weighted by atomic mass is 9.85. The molecule has 1 aromatic heterocycles. The summed E-state index contributed by atoms with van der Waals surface area (Å²) in [5.41, 5.74) is 3.58. The molecule has 0 spiro atoms. The molecule has 206 valence electrons. The van der Waals surface area contributed by atoms with Gasteiger partial charge in [-0.15, -0.1) is 0 Å². The molecule has 0 atom stereocenters. The second-order valence-electron chi connectivity index (χ2n) is 11.7. The molecular formula is C31H36ClFN4O2. The van der Waals surface area contributed by atoms with Crippen LogP contribution < -0.4 is 5.32 Å². The number of piperazine rings is 1. The van der Waals surface area contributed by atoms with Crippen molar-refractivity contribution in [3.8, 4) is 16.9 Å². The Morgan fingerprint density at radius 3 is 2.49 bits per heavy atom. The van der Waals surface area contributed by atoms with Crippen LogP contribution in [0, 0.1) is 17.7 Å². The first-order valence-corrected chi connectivity index (χ1v) is 14.6. The van der Waals surface area contributed by atoms with Gasteiger partial charge < -0.3 is 20.2 Å². The van der Waals surface area contributed by atoms with E-state index in [0.29, 0.717) is 17.0 Å². The molecule has 6 rings (SSSR count). The zero-order valence-electron chi connectivity index (χ0n) is 22.4. The maximum atomic E-state index is 14.3. The van der Waals surface area contributed by atoms with E-state index in [9.17, 15) is 14.3 Å². The van der Waals surface area contributed by atoms with Crippen LogP contribution in [0.5, 0.6) is 5.75 Å². The number of hydrogen-bond donors (Lipinski definition) is 2. The van der Waals surface area contributed by atoms with Gasteiger partial charge in [0, 0.05) is 56.3 Å². The Morgan fingerprint density at radius 1 is 1.05 bits per heavy atom. The molecule has 8 heteroatoms. The van der Waals surface area contributed by atoms with Gasteiger partial charge in [-0.3, -0.25) is 9.78 Å². The van der Waals surface area contributed by atoms with Gasteiger partial charge in [-0.25, -0.2) is 4.39 Å². The molecule has 3 aliphatic rings. The van der Waals surface area contributed by atoms with Gasteiger partial charge in [0.1, 0.15) is 0 Å². The first-order valence-electron chi connectivity index (χ1n) is 14.2. The standard InChI is InChI=1S/C31H36ClFN4O2/c1-36-10-12-37(13-11-36)18-19-2-7-23(8-3-19)35-29-24-14-21(22-15-26(32)31(39)27(33)16-22)6-9-28(24)34-17-25(29)30(38)20-4-5-20/h6,9,14-17,19-20,23,39H,2-5,7-8,10-13,18H2,1H3,(H,34,35). The maximum absolute atomic E-state index is 14.3. The molecule has 6 nitrogen and oxygen atoms in total. The third-order valence-electron chi connectivity index (χ3n) is 8.74. The number of ketones is 1. The Morgan fingerprint density at radius 2 is 1.79 bits per heavy atom. The fourth-order valence-corrected chi connectivity index (χ4v) is 6.31. The van der Waals surface area contributed by atoms with E-state index < -0.39 is 11.6 Å². The fourth-order valence-electron chi connectivity index (χ4n) is 6.10. The van der Waals surface area contributed by atoms with E-state index in [1.807, 2.05) is 18.2 Å². The molecular weight excluding hydrogens is 515 g/mol. The number of carbonyl (C=O) groups is 1. The van der Waals surface area contributed by atoms with Gasteiger partial charge in [0.15, 0.2) is 17.3 Å². The molecule has 1 aliphatic heterocycles. The summed E-state index contributed by atoms with van der Waals surface area (Å²) in [6.07, 6.45) is 8.07. The lowest BCUT2D eigenvalue weighted by molar-refractivity contribution is 0.0968. The van der Waals surface area contributed by atoms with Crippen LogP contribution in [0.3, 0.4) is 0 Å². The number of nitrogens with one attached hydrogen (secondary N) is 1. The van der Waals surface area contributed by atoms with E-state index in [1.165, 1.54) is 25.5 Å². The lowest BCUT2D eigenvalue weighted by Crippen LogP contribution is -2.46. The van der Waals surface area contributed by atoms with Gasteiger partial charge >= 0.3 is 0 Å². The van der Waals surface area contributed by atoms with Crippen LogP contribution in [0.2, 0.25) is 5.02 Å². The van der Waals surface area contributed by atoms with Gasteiger partial charge in [0.05, 0.1) is 21.8 Å². The molecule has 2 heterocycles. The number of benzene rings is 2. The highest BCUT2D eigenvalue weighted by molar-refractivity contribution is 6.32. The molecule has 39 heavy (non-hydrogen) atoms. The van der Waals surface area contributed by atoms with Gasteiger partial charge in [-0.2, -0.15) is 0 Å². The number of aromatic nitrogens is 1. The summed E-state index contributed by atoms with van der Waals surface area (Å²) >= 11 is 6.07. The Labute approximate surface area is 234 Å². The second kappa shape index (κ2) is 11.0. The van der Waals surface area contributed by atoms with E-state index >= 15 is 0 Å². The quantitative estimate of drug-likeness (QED) is 0.341. The number of pyridine rings is 1. The predicted molar refractivity (Wildman–Crippen MR) is 154 cm³/mol. The summed E-state index contributed by atoms with van der Waals surface area (Å²) in [6.45, 7) is 5.79. The number of halogens is 2. The van der Waals surface area contributed by atoms with Crippen molar-refractivity contribution in [2.24, 2.45) is 11.8 Å². The molecule has 3 fully saturated rings. The average Bonchev–Trinajstić information content (AvgIpc) is 3.79. The zero-order valence-corrected chi connectivity index (χ0v) is 23.2. The Kier molecular flexibility index (Phi) is 7.49.